The Balaban J connectivity index is 0.00000484. The molecule has 0 bridgehead atoms. The van der Waals surface area contributed by atoms with Gasteiger partial charge in [-0.3, -0.25) is 4.79 Å². The number of anilines is 1. The first kappa shape index (κ1) is 21.8. The van der Waals surface area contributed by atoms with Gasteiger partial charge in [0.05, 0.1) is 0 Å². The van der Waals surface area contributed by atoms with E-state index in [-0.39, 0.29) is 18.3 Å². The predicted molar refractivity (Wildman–Crippen MR) is 102 cm³/mol. The monoisotopic (exact) mass is 340 g/mol. The standard InChI is InChI=1S/C19H32N2O.ClH/c1-15(2)11-13-21(14-12-16(3)4)19(22)10-9-17-7-5-6-8-18(17)20;/h5-8,15-16H,9-14,20H2,1-4H3;1H. The number of para-hydroxylation sites is 1. The lowest BCUT2D eigenvalue weighted by Gasteiger charge is -2.24. The molecule has 1 aromatic rings. The number of nitrogens with zero attached hydrogens (tertiary/aromatic N) is 1. The number of aryl methyl sites for hydroxylation is 1. The van der Waals surface area contributed by atoms with Crippen LogP contribution >= 0.6 is 12.4 Å². The summed E-state index contributed by atoms with van der Waals surface area (Å²) in [6, 6.07) is 7.81. The van der Waals surface area contributed by atoms with Crippen molar-refractivity contribution in [3.63, 3.8) is 0 Å². The zero-order valence-electron chi connectivity index (χ0n) is 15.0. The zero-order valence-corrected chi connectivity index (χ0v) is 15.9. The van der Waals surface area contributed by atoms with Crippen molar-refractivity contribution in [3.8, 4) is 0 Å². The average molecular weight is 341 g/mol. The summed E-state index contributed by atoms with van der Waals surface area (Å²) in [5.41, 5.74) is 7.81. The number of hydrogen-bond donors (Lipinski definition) is 1. The number of carbonyl (C=O) groups is 1. The van der Waals surface area contributed by atoms with Gasteiger partial charge in [-0.15, -0.1) is 12.4 Å². The largest absolute Gasteiger partial charge is 0.399 e. The van der Waals surface area contributed by atoms with Crippen LogP contribution in [0, 0.1) is 11.8 Å². The molecule has 0 unspecified atom stereocenters. The number of benzene rings is 1. The SMILES string of the molecule is CC(C)CCN(CCC(C)C)C(=O)CCc1ccccc1N.Cl. The summed E-state index contributed by atoms with van der Waals surface area (Å²) in [6.45, 7) is 10.6. The van der Waals surface area contributed by atoms with Crippen LogP contribution in [-0.2, 0) is 11.2 Å². The molecular weight excluding hydrogens is 308 g/mol. The summed E-state index contributed by atoms with van der Waals surface area (Å²) in [5.74, 6) is 1.50. The van der Waals surface area contributed by atoms with Gasteiger partial charge in [0.1, 0.15) is 0 Å². The van der Waals surface area contributed by atoms with Gasteiger partial charge in [0.25, 0.3) is 0 Å². The molecule has 0 aliphatic carbocycles. The molecule has 0 saturated carbocycles. The van der Waals surface area contributed by atoms with Gasteiger partial charge in [-0.05, 0) is 42.7 Å². The van der Waals surface area contributed by atoms with Crippen LogP contribution in [0.1, 0.15) is 52.5 Å². The highest BCUT2D eigenvalue weighted by Crippen LogP contribution is 2.14. The molecule has 0 spiro atoms. The van der Waals surface area contributed by atoms with Gasteiger partial charge in [-0.25, -0.2) is 0 Å². The molecular formula is C19H33ClN2O. The average Bonchev–Trinajstić information content (AvgIpc) is 2.45. The minimum absolute atomic E-state index is 0. The first-order valence-electron chi connectivity index (χ1n) is 8.51. The molecule has 2 N–H and O–H groups in total. The highest BCUT2D eigenvalue weighted by molar-refractivity contribution is 5.85. The summed E-state index contributed by atoms with van der Waals surface area (Å²) in [6.07, 6.45) is 3.41. The number of hydrogen-bond acceptors (Lipinski definition) is 2. The summed E-state index contributed by atoms with van der Waals surface area (Å²) in [4.78, 5) is 14.6. The van der Waals surface area contributed by atoms with Crippen molar-refractivity contribution < 1.29 is 4.79 Å². The summed E-state index contributed by atoms with van der Waals surface area (Å²) >= 11 is 0. The van der Waals surface area contributed by atoms with Gasteiger partial charge in [0.15, 0.2) is 0 Å². The second kappa shape index (κ2) is 11.3. The van der Waals surface area contributed by atoms with Crippen LogP contribution in [0.25, 0.3) is 0 Å². The predicted octanol–water partition coefficient (Wildman–Crippen LogP) is 4.54. The minimum atomic E-state index is 0. The fourth-order valence-corrected chi connectivity index (χ4v) is 2.35. The van der Waals surface area contributed by atoms with Gasteiger partial charge < -0.3 is 10.6 Å². The molecule has 1 rings (SSSR count). The molecule has 1 amide bonds. The smallest absolute Gasteiger partial charge is 0.222 e. The van der Waals surface area contributed by atoms with E-state index in [0.717, 1.165) is 43.6 Å². The van der Waals surface area contributed by atoms with Gasteiger partial charge in [0, 0.05) is 25.2 Å². The molecule has 0 atom stereocenters. The van der Waals surface area contributed by atoms with Crippen molar-refractivity contribution in [1.82, 2.24) is 4.90 Å². The Hall–Kier alpha value is -1.22. The fourth-order valence-electron chi connectivity index (χ4n) is 2.35. The van der Waals surface area contributed by atoms with Crippen LogP contribution < -0.4 is 5.73 Å². The van der Waals surface area contributed by atoms with Crippen LogP contribution in [0.15, 0.2) is 24.3 Å². The summed E-state index contributed by atoms with van der Waals surface area (Å²) < 4.78 is 0. The summed E-state index contributed by atoms with van der Waals surface area (Å²) in [5, 5.41) is 0. The number of rotatable bonds is 9. The number of carbonyl (C=O) groups excluding carboxylic acids is 1. The zero-order chi connectivity index (χ0) is 16.5. The minimum Gasteiger partial charge on any atom is -0.399 e. The number of nitrogen functional groups attached to an aromatic ring is 1. The molecule has 132 valence electrons. The van der Waals surface area contributed by atoms with Crippen LogP contribution in [0.5, 0.6) is 0 Å². The normalized spacial score (nSPS) is 10.7. The number of halogens is 1. The van der Waals surface area contributed by atoms with E-state index < -0.39 is 0 Å². The molecule has 0 radical (unpaired) electrons. The van der Waals surface area contributed by atoms with E-state index in [9.17, 15) is 4.79 Å². The molecule has 3 nitrogen and oxygen atoms in total. The molecule has 4 heteroatoms. The highest BCUT2D eigenvalue weighted by atomic mass is 35.5. The number of nitrogens with two attached hydrogens (primary N) is 1. The topological polar surface area (TPSA) is 46.3 Å². The molecule has 0 fully saturated rings. The van der Waals surface area contributed by atoms with Gasteiger partial charge in [0.2, 0.25) is 5.91 Å². The van der Waals surface area contributed by atoms with E-state index in [0.29, 0.717) is 18.3 Å². The lowest BCUT2D eigenvalue weighted by molar-refractivity contribution is -0.131. The van der Waals surface area contributed by atoms with Gasteiger partial charge in [-0.2, -0.15) is 0 Å². The second-order valence-corrected chi connectivity index (χ2v) is 6.94. The lowest BCUT2D eigenvalue weighted by Crippen LogP contribution is -2.34. The van der Waals surface area contributed by atoms with E-state index in [1.165, 1.54) is 0 Å². The molecule has 23 heavy (non-hydrogen) atoms. The van der Waals surface area contributed by atoms with Crippen molar-refractivity contribution >= 4 is 24.0 Å². The van der Waals surface area contributed by atoms with Crippen molar-refractivity contribution in [1.29, 1.82) is 0 Å². The Bertz CT molecular complexity index is 448. The Morgan fingerprint density at radius 2 is 1.57 bits per heavy atom. The first-order chi connectivity index (χ1) is 10.4. The van der Waals surface area contributed by atoms with Gasteiger partial charge in [-0.1, -0.05) is 45.9 Å². The van der Waals surface area contributed by atoms with E-state index >= 15 is 0 Å². The molecule has 0 aliphatic rings. The highest BCUT2D eigenvalue weighted by Gasteiger charge is 2.14. The Labute approximate surface area is 148 Å². The Morgan fingerprint density at radius 3 is 2.04 bits per heavy atom. The molecule has 0 aliphatic heterocycles. The van der Waals surface area contributed by atoms with Crippen LogP contribution in [0.2, 0.25) is 0 Å². The van der Waals surface area contributed by atoms with Crippen molar-refractivity contribution in [2.24, 2.45) is 11.8 Å². The third-order valence-corrected chi connectivity index (χ3v) is 3.97. The van der Waals surface area contributed by atoms with Crippen molar-refractivity contribution in [2.45, 2.75) is 53.4 Å². The fraction of sp³-hybridized carbons (Fsp3) is 0.632. The van der Waals surface area contributed by atoms with Crippen LogP contribution in [-0.4, -0.2) is 23.9 Å². The third kappa shape index (κ3) is 8.85. The lowest BCUT2D eigenvalue weighted by atomic mass is 10.1. The maximum Gasteiger partial charge on any atom is 0.222 e. The molecule has 0 aromatic heterocycles. The quantitative estimate of drug-likeness (QED) is 0.670. The van der Waals surface area contributed by atoms with Gasteiger partial charge >= 0.3 is 0 Å². The summed E-state index contributed by atoms with van der Waals surface area (Å²) in [7, 11) is 0. The van der Waals surface area contributed by atoms with Crippen molar-refractivity contribution in [2.75, 3.05) is 18.8 Å². The molecule has 0 saturated heterocycles. The molecule has 1 aromatic carbocycles. The van der Waals surface area contributed by atoms with E-state index in [4.69, 9.17) is 5.73 Å². The maximum atomic E-state index is 12.5. The number of amides is 1. The van der Waals surface area contributed by atoms with Crippen LogP contribution in [0.4, 0.5) is 5.69 Å². The van der Waals surface area contributed by atoms with Crippen LogP contribution in [0.3, 0.4) is 0 Å². The van der Waals surface area contributed by atoms with Crippen molar-refractivity contribution in [3.05, 3.63) is 29.8 Å². The van der Waals surface area contributed by atoms with E-state index in [1.54, 1.807) is 0 Å². The third-order valence-electron chi connectivity index (χ3n) is 3.97. The Morgan fingerprint density at radius 1 is 1.04 bits per heavy atom. The van der Waals surface area contributed by atoms with E-state index in [1.807, 2.05) is 29.2 Å². The first-order valence-corrected chi connectivity index (χ1v) is 8.51. The van der Waals surface area contributed by atoms with E-state index in [2.05, 4.69) is 27.7 Å². The maximum absolute atomic E-state index is 12.5. The molecule has 0 heterocycles. The Kier molecular flexibility index (Phi) is 10.7. The second-order valence-electron chi connectivity index (χ2n) is 6.94.